The number of hydrogen-bond acceptors (Lipinski definition) is 3. The van der Waals surface area contributed by atoms with E-state index in [1.807, 2.05) is 0 Å². The first-order valence-corrected chi connectivity index (χ1v) is 7.79. The number of aromatic nitrogens is 1. The lowest BCUT2D eigenvalue weighted by atomic mass is 10.2. The molecule has 0 saturated heterocycles. The molecule has 0 bridgehead atoms. The fraction of sp³-hybridized carbons (Fsp3) is 0.154. The number of halogens is 1. The van der Waals surface area contributed by atoms with Gasteiger partial charge in [-0.1, -0.05) is 11.6 Å². The van der Waals surface area contributed by atoms with Gasteiger partial charge in [-0.2, -0.15) is 8.42 Å². The van der Waals surface area contributed by atoms with Gasteiger partial charge in [-0.15, -0.1) is 0 Å². The molecule has 2 N–H and O–H groups in total. The summed E-state index contributed by atoms with van der Waals surface area (Å²) in [5.41, 5.74) is 1.30. The number of aromatic carboxylic acids is 1. The summed E-state index contributed by atoms with van der Waals surface area (Å²) in [6.07, 6.45) is 0. The predicted octanol–water partition coefficient (Wildman–Crippen LogP) is 2.39. The molecule has 112 valence electrons. The van der Waals surface area contributed by atoms with Crippen LogP contribution in [-0.4, -0.2) is 24.2 Å². The molecule has 1 heterocycles. The smallest absolute Gasteiger partial charge is 0.337 e. The van der Waals surface area contributed by atoms with E-state index in [0.717, 1.165) is 23.5 Å². The highest BCUT2D eigenvalue weighted by Crippen LogP contribution is 2.21. The van der Waals surface area contributed by atoms with Crippen molar-refractivity contribution in [3.05, 3.63) is 52.3 Å². The van der Waals surface area contributed by atoms with Crippen LogP contribution in [0.25, 0.3) is 0 Å². The molecule has 8 heteroatoms. The van der Waals surface area contributed by atoms with Crippen molar-refractivity contribution in [3.8, 4) is 0 Å². The molecule has 21 heavy (non-hydrogen) atoms. The molecular weight excluding hydrogens is 316 g/mol. The Morgan fingerprint density at radius 2 is 1.76 bits per heavy atom. The van der Waals surface area contributed by atoms with Crippen LogP contribution in [0.3, 0.4) is 0 Å². The number of carboxylic acids is 1. The van der Waals surface area contributed by atoms with E-state index in [-0.39, 0.29) is 15.5 Å². The molecule has 0 aliphatic carbocycles. The first-order valence-electron chi connectivity index (χ1n) is 5.93. The fourth-order valence-corrected chi connectivity index (χ4v) is 3.30. The summed E-state index contributed by atoms with van der Waals surface area (Å²) >= 11 is 5.79. The van der Waals surface area contributed by atoms with Gasteiger partial charge in [0.2, 0.25) is 0 Å². The molecule has 0 aliphatic rings. The molecule has 0 saturated carbocycles. The molecule has 2 aromatic rings. The minimum atomic E-state index is -3.86. The van der Waals surface area contributed by atoms with Crippen molar-refractivity contribution in [2.45, 2.75) is 18.7 Å². The van der Waals surface area contributed by atoms with Gasteiger partial charge in [0.05, 0.1) is 15.5 Å². The van der Waals surface area contributed by atoms with Crippen LogP contribution in [0.15, 0.2) is 35.2 Å². The second-order valence-electron chi connectivity index (χ2n) is 4.49. The van der Waals surface area contributed by atoms with Gasteiger partial charge >= 0.3 is 5.97 Å². The normalized spacial score (nSPS) is 11.4. The number of carboxylic acid groups (broad SMARTS) is 1. The number of benzene rings is 1. The Balaban J connectivity index is 2.41. The zero-order valence-electron chi connectivity index (χ0n) is 11.3. The highest BCUT2D eigenvalue weighted by molar-refractivity contribution is 7.92. The van der Waals surface area contributed by atoms with Crippen molar-refractivity contribution >= 4 is 27.6 Å². The Morgan fingerprint density at radius 1 is 1.19 bits per heavy atom. The lowest BCUT2D eigenvalue weighted by molar-refractivity contribution is 0.0697. The van der Waals surface area contributed by atoms with Gasteiger partial charge in [0.15, 0.2) is 0 Å². The van der Waals surface area contributed by atoms with E-state index in [9.17, 15) is 13.2 Å². The average molecular weight is 329 g/mol. The highest BCUT2D eigenvalue weighted by atomic mass is 35.5. The van der Waals surface area contributed by atoms with Crippen molar-refractivity contribution in [3.63, 3.8) is 0 Å². The number of rotatable bonds is 4. The third kappa shape index (κ3) is 3.03. The summed E-state index contributed by atoms with van der Waals surface area (Å²) in [6, 6.07) is 7.03. The quantitative estimate of drug-likeness (QED) is 0.902. The van der Waals surface area contributed by atoms with E-state index in [1.54, 1.807) is 26.0 Å². The maximum Gasteiger partial charge on any atom is 0.337 e. The van der Waals surface area contributed by atoms with Crippen LogP contribution in [0.1, 0.15) is 21.7 Å². The summed E-state index contributed by atoms with van der Waals surface area (Å²) in [5, 5.41) is 8.75. The van der Waals surface area contributed by atoms with Crippen molar-refractivity contribution < 1.29 is 18.3 Å². The molecule has 0 radical (unpaired) electrons. The number of sulfonamides is 1. The lowest BCUT2D eigenvalue weighted by Gasteiger charge is -2.13. The Hall–Kier alpha value is -1.99. The number of nitrogens with zero attached hydrogens (tertiary/aromatic N) is 1. The highest BCUT2D eigenvalue weighted by Gasteiger charge is 2.19. The Labute approximate surface area is 127 Å². The van der Waals surface area contributed by atoms with Crippen molar-refractivity contribution in [2.24, 2.45) is 0 Å². The van der Waals surface area contributed by atoms with Gasteiger partial charge in [0, 0.05) is 11.4 Å². The maximum atomic E-state index is 12.3. The second-order valence-corrected chi connectivity index (χ2v) is 6.56. The predicted molar refractivity (Wildman–Crippen MR) is 78.9 cm³/mol. The molecule has 0 amide bonds. The van der Waals surface area contributed by atoms with Crippen molar-refractivity contribution in [1.82, 2.24) is 4.68 Å². The zero-order valence-corrected chi connectivity index (χ0v) is 12.9. The zero-order chi connectivity index (χ0) is 15.8. The number of nitrogens with one attached hydrogen (secondary N) is 1. The minimum Gasteiger partial charge on any atom is -0.478 e. The SMILES string of the molecule is Cc1ccc(C)n1NS(=O)(=O)c1ccc(C(=O)O)c(Cl)c1. The van der Waals surface area contributed by atoms with E-state index in [4.69, 9.17) is 16.7 Å². The minimum absolute atomic E-state index is 0.106. The Kier molecular flexibility index (Phi) is 3.97. The third-order valence-electron chi connectivity index (χ3n) is 2.96. The van der Waals surface area contributed by atoms with Crippen LogP contribution in [0.2, 0.25) is 5.02 Å². The van der Waals surface area contributed by atoms with Gasteiger partial charge in [-0.25, -0.2) is 9.63 Å². The molecule has 6 nitrogen and oxygen atoms in total. The van der Waals surface area contributed by atoms with Gasteiger partial charge in [-0.3, -0.25) is 4.68 Å². The average Bonchev–Trinajstić information content (AvgIpc) is 2.69. The van der Waals surface area contributed by atoms with Gasteiger partial charge in [-0.05, 0) is 44.2 Å². The number of carbonyl (C=O) groups is 1. The first-order chi connectivity index (χ1) is 9.72. The largest absolute Gasteiger partial charge is 0.478 e. The summed E-state index contributed by atoms with van der Waals surface area (Å²) < 4.78 is 26.0. The standard InChI is InChI=1S/C13H13ClN2O4S/c1-8-3-4-9(2)16(8)15-21(19,20)10-5-6-11(13(17)18)12(14)7-10/h3-7,15H,1-2H3,(H,17,18). The molecule has 1 aromatic carbocycles. The van der Waals surface area contributed by atoms with Crippen LogP contribution in [-0.2, 0) is 10.0 Å². The van der Waals surface area contributed by atoms with Crippen LogP contribution in [0.5, 0.6) is 0 Å². The molecule has 0 atom stereocenters. The summed E-state index contributed by atoms with van der Waals surface area (Å²) in [6.45, 7) is 3.52. The lowest BCUT2D eigenvalue weighted by Crippen LogP contribution is -2.25. The monoisotopic (exact) mass is 328 g/mol. The number of aryl methyl sites for hydroxylation is 2. The second kappa shape index (κ2) is 5.42. The summed E-state index contributed by atoms with van der Waals surface area (Å²) in [5.74, 6) is -1.21. The van der Waals surface area contributed by atoms with Crippen LogP contribution in [0.4, 0.5) is 0 Å². The van der Waals surface area contributed by atoms with Crippen LogP contribution in [0, 0.1) is 13.8 Å². The van der Waals surface area contributed by atoms with Crippen molar-refractivity contribution in [2.75, 3.05) is 4.83 Å². The molecule has 0 fully saturated rings. The molecule has 2 rings (SSSR count). The summed E-state index contributed by atoms with van der Waals surface area (Å²) in [7, 11) is -3.86. The molecule has 0 spiro atoms. The number of hydrogen-bond donors (Lipinski definition) is 2. The summed E-state index contributed by atoms with van der Waals surface area (Å²) in [4.78, 5) is 13.2. The molecule has 0 aliphatic heterocycles. The van der Waals surface area contributed by atoms with Gasteiger partial charge < -0.3 is 5.11 Å². The Bertz CT molecular complexity index is 792. The third-order valence-corrected chi connectivity index (χ3v) is 4.57. The van der Waals surface area contributed by atoms with E-state index < -0.39 is 16.0 Å². The molecule has 1 aromatic heterocycles. The topological polar surface area (TPSA) is 88.4 Å². The molecule has 0 unspecified atom stereocenters. The van der Waals surface area contributed by atoms with Crippen molar-refractivity contribution in [1.29, 1.82) is 0 Å². The van der Waals surface area contributed by atoms with E-state index in [1.165, 1.54) is 10.7 Å². The van der Waals surface area contributed by atoms with Crippen LogP contribution >= 0.6 is 11.6 Å². The van der Waals surface area contributed by atoms with Gasteiger partial charge in [0.25, 0.3) is 10.0 Å². The first kappa shape index (κ1) is 15.4. The maximum absolute atomic E-state index is 12.3. The fourth-order valence-electron chi connectivity index (χ4n) is 1.82. The molecular formula is C13H13ClN2O4S. The Morgan fingerprint density at radius 3 is 2.24 bits per heavy atom. The van der Waals surface area contributed by atoms with Gasteiger partial charge in [0.1, 0.15) is 0 Å². The van der Waals surface area contributed by atoms with E-state index in [0.29, 0.717) is 0 Å². The van der Waals surface area contributed by atoms with Crippen LogP contribution < -0.4 is 4.83 Å². The van der Waals surface area contributed by atoms with E-state index >= 15 is 0 Å². The van der Waals surface area contributed by atoms with E-state index in [2.05, 4.69) is 4.83 Å².